The lowest BCUT2D eigenvalue weighted by Gasteiger charge is -2.05. The second-order valence-electron chi connectivity index (χ2n) is 4.85. The summed E-state index contributed by atoms with van der Waals surface area (Å²) < 4.78 is 1.35. The molecule has 0 fully saturated rings. The van der Waals surface area contributed by atoms with Gasteiger partial charge >= 0.3 is 0 Å². The molecule has 20 heavy (non-hydrogen) atoms. The third kappa shape index (κ3) is 3.00. The van der Waals surface area contributed by atoms with Crippen molar-refractivity contribution in [2.45, 2.75) is 13.0 Å². The third-order valence-electron chi connectivity index (χ3n) is 3.40. The number of thiophene rings is 1. The van der Waals surface area contributed by atoms with Gasteiger partial charge in [-0.05, 0) is 53.1 Å². The molecule has 0 unspecified atom stereocenters. The van der Waals surface area contributed by atoms with Crippen LogP contribution in [0.15, 0.2) is 53.9 Å². The van der Waals surface area contributed by atoms with Crippen LogP contribution in [-0.2, 0) is 13.0 Å². The Morgan fingerprint density at radius 1 is 1.00 bits per heavy atom. The summed E-state index contributed by atoms with van der Waals surface area (Å²) in [6.45, 7) is 1.84. The lowest BCUT2D eigenvalue weighted by atomic mass is 10.1. The van der Waals surface area contributed by atoms with E-state index in [2.05, 4.69) is 35.0 Å². The molecule has 2 aromatic carbocycles. The van der Waals surface area contributed by atoms with Gasteiger partial charge in [0.2, 0.25) is 0 Å². The molecule has 0 aliphatic heterocycles. The van der Waals surface area contributed by atoms with Crippen molar-refractivity contribution in [2.75, 3.05) is 6.54 Å². The molecule has 1 heterocycles. The summed E-state index contributed by atoms with van der Waals surface area (Å²) in [6.07, 6.45) is 0.975. The van der Waals surface area contributed by atoms with Crippen molar-refractivity contribution < 1.29 is 5.11 Å². The molecule has 3 rings (SSSR count). The number of phenols is 1. The van der Waals surface area contributed by atoms with E-state index in [-0.39, 0.29) is 0 Å². The van der Waals surface area contributed by atoms with Gasteiger partial charge in [0.25, 0.3) is 0 Å². The van der Waals surface area contributed by atoms with Crippen molar-refractivity contribution >= 4 is 21.4 Å². The molecule has 3 heteroatoms. The fourth-order valence-corrected chi connectivity index (χ4v) is 3.25. The SMILES string of the molecule is Oc1ccc(CCNCc2csc3ccccc23)cc1. The average molecular weight is 283 g/mol. The first-order valence-electron chi connectivity index (χ1n) is 6.77. The quantitative estimate of drug-likeness (QED) is 0.695. The highest BCUT2D eigenvalue weighted by Crippen LogP contribution is 2.25. The molecule has 0 bridgehead atoms. The molecule has 0 aliphatic rings. The summed E-state index contributed by atoms with van der Waals surface area (Å²) in [5, 5.41) is 16.3. The van der Waals surface area contributed by atoms with Gasteiger partial charge in [0.05, 0.1) is 0 Å². The zero-order valence-corrected chi connectivity index (χ0v) is 12.0. The fraction of sp³-hybridized carbons (Fsp3) is 0.176. The molecule has 0 saturated heterocycles. The lowest BCUT2D eigenvalue weighted by molar-refractivity contribution is 0.475. The molecule has 0 atom stereocenters. The van der Waals surface area contributed by atoms with Crippen molar-refractivity contribution in [2.24, 2.45) is 0 Å². The minimum Gasteiger partial charge on any atom is -0.508 e. The summed E-state index contributed by atoms with van der Waals surface area (Å²) in [7, 11) is 0. The molecule has 3 aromatic rings. The van der Waals surface area contributed by atoms with Crippen LogP contribution in [0.5, 0.6) is 5.75 Å². The Morgan fingerprint density at radius 2 is 1.80 bits per heavy atom. The van der Waals surface area contributed by atoms with Gasteiger partial charge in [-0.25, -0.2) is 0 Å². The second-order valence-corrected chi connectivity index (χ2v) is 5.76. The van der Waals surface area contributed by atoms with Crippen molar-refractivity contribution in [1.29, 1.82) is 0 Å². The Morgan fingerprint density at radius 3 is 2.65 bits per heavy atom. The van der Waals surface area contributed by atoms with E-state index in [0.717, 1.165) is 19.5 Å². The molecule has 0 saturated carbocycles. The maximum Gasteiger partial charge on any atom is 0.115 e. The molecule has 0 amide bonds. The van der Waals surface area contributed by atoms with Crippen LogP contribution in [0.1, 0.15) is 11.1 Å². The predicted molar refractivity (Wildman–Crippen MR) is 85.3 cm³/mol. The van der Waals surface area contributed by atoms with E-state index in [0.29, 0.717) is 5.75 Å². The third-order valence-corrected chi connectivity index (χ3v) is 4.42. The number of rotatable bonds is 5. The van der Waals surface area contributed by atoms with Crippen molar-refractivity contribution in [3.63, 3.8) is 0 Å². The maximum absolute atomic E-state index is 9.24. The Balaban J connectivity index is 1.54. The number of fused-ring (bicyclic) bond motifs is 1. The van der Waals surface area contributed by atoms with E-state index in [9.17, 15) is 5.11 Å². The van der Waals surface area contributed by atoms with Crippen LogP contribution in [-0.4, -0.2) is 11.7 Å². The highest BCUT2D eigenvalue weighted by atomic mass is 32.1. The Bertz CT molecular complexity index is 688. The highest BCUT2D eigenvalue weighted by Gasteiger charge is 2.02. The largest absolute Gasteiger partial charge is 0.508 e. The summed E-state index contributed by atoms with van der Waals surface area (Å²) in [5.74, 6) is 0.325. The van der Waals surface area contributed by atoms with E-state index in [1.807, 2.05) is 12.1 Å². The smallest absolute Gasteiger partial charge is 0.115 e. The van der Waals surface area contributed by atoms with Gasteiger partial charge in [0.15, 0.2) is 0 Å². The van der Waals surface area contributed by atoms with E-state index in [1.165, 1.54) is 21.2 Å². The first kappa shape index (κ1) is 13.2. The van der Waals surface area contributed by atoms with Crippen LogP contribution < -0.4 is 5.32 Å². The molecular weight excluding hydrogens is 266 g/mol. The standard InChI is InChI=1S/C17H17NOS/c19-15-7-5-13(6-8-15)9-10-18-11-14-12-20-17-4-2-1-3-16(14)17/h1-8,12,18-19H,9-11H2. The molecular formula is C17H17NOS. The molecule has 0 radical (unpaired) electrons. The van der Waals surface area contributed by atoms with E-state index in [4.69, 9.17) is 0 Å². The second kappa shape index (κ2) is 6.07. The normalized spacial score (nSPS) is 11.0. The van der Waals surface area contributed by atoms with Gasteiger partial charge < -0.3 is 10.4 Å². The topological polar surface area (TPSA) is 32.3 Å². The van der Waals surface area contributed by atoms with Gasteiger partial charge in [-0.1, -0.05) is 30.3 Å². The minimum atomic E-state index is 0.325. The van der Waals surface area contributed by atoms with Crippen molar-refractivity contribution in [3.8, 4) is 5.75 Å². The Hall–Kier alpha value is -1.84. The van der Waals surface area contributed by atoms with Crippen molar-refractivity contribution in [1.82, 2.24) is 5.32 Å². The average Bonchev–Trinajstić information content (AvgIpc) is 2.89. The fourth-order valence-electron chi connectivity index (χ4n) is 2.29. The minimum absolute atomic E-state index is 0.325. The summed E-state index contributed by atoms with van der Waals surface area (Å²) in [4.78, 5) is 0. The van der Waals surface area contributed by atoms with Crippen LogP contribution in [0.3, 0.4) is 0 Å². The Labute approximate surface area is 122 Å². The summed E-state index contributed by atoms with van der Waals surface area (Å²) >= 11 is 1.80. The lowest BCUT2D eigenvalue weighted by Crippen LogP contribution is -2.16. The summed E-state index contributed by atoms with van der Waals surface area (Å²) in [6, 6.07) is 15.9. The molecule has 2 nitrogen and oxygen atoms in total. The number of hydrogen-bond acceptors (Lipinski definition) is 3. The van der Waals surface area contributed by atoms with Crippen LogP contribution >= 0.6 is 11.3 Å². The van der Waals surface area contributed by atoms with Gasteiger partial charge in [-0.2, -0.15) is 0 Å². The molecule has 102 valence electrons. The zero-order chi connectivity index (χ0) is 13.8. The monoisotopic (exact) mass is 283 g/mol. The molecule has 1 aromatic heterocycles. The first-order valence-corrected chi connectivity index (χ1v) is 7.64. The maximum atomic E-state index is 9.24. The number of nitrogens with one attached hydrogen (secondary N) is 1. The Kier molecular flexibility index (Phi) is 4.00. The van der Waals surface area contributed by atoms with Gasteiger partial charge in [-0.15, -0.1) is 11.3 Å². The molecule has 2 N–H and O–H groups in total. The summed E-state index contributed by atoms with van der Waals surface area (Å²) in [5.41, 5.74) is 2.61. The van der Waals surface area contributed by atoms with Gasteiger partial charge in [-0.3, -0.25) is 0 Å². The predicted octanol–water partition coefficient (Wildman–Crippen LogP) is 3.94. The molecule has 0 spiro atoms. The first-order chi connectivity index (χ1) is 9.83. The highest BCUT2D eigenvalue weighted by molar-refractivity contribution is 7.17. The number of phenolic OH excluding ortho intramolecular Hbond substituents is 1. The zero-order valence-electron chi connectivity index (χ0n) is 11.2. The number of aromatic hydroxyl groups is 1. The van der Waals surface area contributed by atoms with Crippen LogP contribution in [0, 0.1) is 0 Å². The van der Waals surface area contributed by atoms with Gasteiger partial charge in [0, 0.05) is 11.2 Å². The van der Waals surface area contributed by atoms with Crippen LogP contribution in [0.25, 0.3) is 10.1 Å². The molecule has 0 aliphatic carbocycles. The van der Waals surface area contributed by atoms with Crippen molar-refractivity contribution in [3.05, 3.63) is 65.0 Å². The van der Waals surface area contributed by atoms with Crippen LogP contribution in [0.4, 0.5) is 0 Å². The van der Waals surface area contributed by atoms with Crippen LogP contribution in [0.2, 0.25) is 0 Å². The van der Waals surface area contributed by atoms with Gasteiger partial charge in [0.1, 0.15) is 5.75 Å². The van der Waals surface area contributed by atoms with E-state index < -0.39 is 0 Å². The number of hydrogen-bond donors (Lipinski definition) is 2. The van der Waals surface area contributed by atoms with E-state index in [1.54, 1.807) is 23.5 Å². The van der Waals surface area contributed by atoms with E-state index >= 15 is 0 Å². The number of benzene rings is 2.